The van der Waals surface area contributed by atoms with Crippen LogP contribution in [0, 0.1) is 5.92 Å². The molecule has 150 valence electrons. The van der Waals surface area contributed by atoms with Gasteiger partial charge < -0.3 is 15.4 Å². The smallest absolute Gasteiger partial charge is 0.191 e. The van der Waals surface area contributed by atoms with Gasteiger partial charge in [-0.25, -0.2) is 4.99 Å². The maximum Gasteiger partial charge on any atom is 0.191 e. The van der Waals surface area contributed by atoms with Crippen LogP contribution in [0.25, 0.3) is 0 Å². The van der Waals surface area contributed by atoms with E-state index in [1.54, 1.807) is 0 Å². The predicted octanol–water partition coefficient (Wildman–Crippen LogP) is 3.05. The van der Waals surface area contributed by atoms with Gasteiger partial charge in [-0.05, 0) is 39.0 Å². The fraction of sp³-hybridized carbons (Fsp3) is 0.800. The Balaban J connectivity index is 2.75. The lowest BCUT2D eigenvalue weighted by molar-refractivity contribution is 0.0258. The number of hydrogen-bond acceptors (Lipinski definition) is 3. The summed E-state index contributed by atoms with van der Waals surface area (Å²) in [5, 5.41) is 11.4. The molecule has 26 heavy (non-hydrogen) atoms. The van der Waals surface area contributed by atoms with Gasteiger partial charge in [0.1, 0.15) is 0 Å². The molecule has 0 bridgehead atoms. The number of guanidine groups is 1. The molecule has 6 nitrogen and oxygen atoms in total. The summed E-state index contributed by atoms with van der Waals surface area (Å²) in [5.41, 5.74) is 3.70. The van der Waals surface area contributed by atoms with Gasteiger partial charge in [-0.15, -0.1) is 0 Å². The maximum absolute atomic E-state index is 5.83. The minimum absolute atomic E-state index is 0.284. The van der Waals surface area contributed by atoms with Crippen LogP contribution >= 0.6 is 0 Å². The standard InChI is InChI=1S/C20H39N5O/c1-8-17-16(18(9-2)25(7)24-17)14-23-20(21-10-3)22-13-12-19(15(5)6)26-11-4/h15,19H,8-14H2,1-7H3,(H2,21,22,23). The molecule has 0 spiro atoms. The van der Waals surface area contributed by atoms with Crippen LogP contribution in [0.5, 0.6) is 0 Å². The van der Waals surface area contributed by atoms with Gasteiger partial charge in [0, 0.05) is 38.0 Å². The highest BCUT2D eigenvalue weighted by molar-refractivity contribution is 5.79. The van der Waals surface area contributed by atoms with Gasteiger partial charge in [0.25, 0.3) is 0 Å². The van der Waals surface area contributed by atoms with E-state index in [9.17, 15) is 0 Å². The Morgan fingerprint density at radius 3 is 2.42 bits per heavy atom. The quantitative estimate of drug-likeness (QED) is 0.467. The lowest BCUT2D eigenvalue weighted by atomic mass is 10.0. The van der Waals surface area contributed by atoms with Gasteiger partial charge in [0.15, 0.2) is 5.96 Å². The van der Waals surface area contributed by atoms with Crippen molar-refractivity contribution >= 4 is 5.96 Å². The van der Waals surface area contributed by atoms with Crippen LogP contribution in [0.15, 0.2) is 4.99 Å². The van der Waals surface area contributed by atoms with Gasteiger partial charge in [-0.2, -0.15) is 5.10 Å². The van der Waals surface area contributed by atoms with Gasteiger partial charge in [0.2, 0.25) is 0 Å². The van der Waals surface area contributed by atoms with Crippen LogP contribution in [0.3, 0.4) is 0 Å². The van der Waals surface area contributed by atoms with E-state index >= 15 is 0 Å². The lowest BCUT2D eigenvalue weighted by Gasteiger charge is -2.21. The SMILES string of the molecule is CCNC(=NCc1c(CC)nn(C)c1CC)NCCC(OCC)C(C)C. The molecule has 1 aromatic rings. The Labute approximate surface area is 159 Å². The predicted molar refractivity (Wildman–Crippen MR) is 110 cm³/mol. The third kappa shape index (κ3) is 6.63. The van der Waals surface area contributed by atoms with Crippen molar-refractivity contribution < 1.29 is 4.74 Å². The molecule has 0 aromatic carbocycles. The largest absolute Gasteiger partial charge is 0.378 e. The number of nitrogens with zero attached hydrogens (tertiary/aromatic N) is 3. The highest BCUT2D eigenvalue weighted by Crippen LogP contribution is 2.16. The molecule has 0 aliphatic heterocycles. The molecule has 6 heteroatoms. The molecule has 2 N–H and O–H groups in total. The van der Waals surface area contributed by atoms with Crippen LogP contribution in [0.2, 0.25) is 0 Å². The van der Waals surface area contributed by atoms with E-state index in [2.05, 4.69) is 57.3 Å². The number of aryl methyl sites for hydroxylation is 2. The van der Waals surface area contributed by atoms with Gasteiger partial charge in [0.05, 0.1) is 18.3 Å². The van der Waals surface area contributed by atoms with E-state index in [1.807, 2.05) is 11.7 Å². The summed E-state index contributed by atoms with van der Waals surface area (Å²) >= 11 is 0. The molecule has 1 unspecified atom stereocenters. The first kappa shape index (κ1) is 22.5. The second-order valence-corrected chi connectivity index (χ2v) is 6.85. The Bertz CT molecular complexity index is 551. The zero-order chi connectivity index (χ0) is 19.5. The Kier molecular flexibility index (Phi) is 10.3. The Hall–Kier alpha value is -1.56. The minimum Gasteiger partial charge on any atom is -0.378 e. The number of aliphatic imine (C=N–C) groups is 1. The lowest BCUT2D eigenvalue weighted by Crippen LogP contribution is -2.39. The van der Waals surface area contributed by atoms with Crippen molar-refractivity contribution in [3.8, 4) is 0 Å². The number of aromatic nitrogens is 2. The van der Waals surface area contributed by atoms with Crippen molar-refractivity contribution in [3.63, 3.8) is 0 Å². The number of nitrogens with one attached hydrogen (secondary N) is 2. The monoisotopic (exact) mass is 365 g/mol. The Morgan fingerprint density at radius 2 is 1.88 bits per heavy atom. The minimum atomic E-state index is 0.284. The fourth-order valence-electron chi connectivity index (χ4n) is 3.23. The molecule has 1 atom stereocenters. The number of ether oxygens (including phenoxy) is 1. The molecule has 1 rings (SSSR count). The van der Waals surface area contributed by atoms with E-state index in [4.69, 9.17) is 9.73 Å². The highest BCUT2D eigenvalue weighted by Gasteiger charge is 2.14. The number of hydrogen-bond donors (Lipinski definition) is 2. The van der Waals surface area contributed by atoms with E-state index in [0.29, 0.717) is 12.5 Å². The fourth-order valence-corrected chi connectivity index (χ4v) is 3.23. The Morgan fingerprint density at radius 1 is 1.15 bits per heavy atom. The van der Waals surface area contributed by atoms with Crippen molar-refractivity contribution in [2.45, 2.75) is 73.5 Å². The first-order valence-corrected chi connectivity index (χ1v) is 10.2. The van der Waals surface area contributed by atoms with Crippen LogP contribution in [0.4, 0.5) is 0 Å². The molecule has 0 saturated heterocycles. The molecule has 0 aliphatic carbocycles. The molecular weight excluding hydrogens is 326 g/mol. The summed E-state index contributed by atoms with van der Waals surface area (Å²) in [6, 6.07) is 0. The third-order valence-corrected chi connectivity index (χ3v) is 4.61. The normalized spacial score (nSPS) is 13.3. The number of rotatable bonds is 11. The zero-order valence-electron chi connectivity index (χ0n) is 17.9. The van der Waals surface area contributed by atoms with Crippen molar-refractivity contribution in [2.75, 3.05) is 19.7 Å². The summed E-state index contributed by atoms with van der Waals surface area (Å²) in [6.07, 6.45) is 3.17. The van der Waals surface area contributed by atoms with E-state index in [1.165, 1.54) is 11.3 Å². The second-order valence-electron chi connectivity index (χ2n) is 6.85. The second kappa shape index (κ2) is 11.9. The summed E-state index contributed by atoms with van der Waals surface area (Å²) in [4.78, 5) is 4.80. The summed E-state index contributed by atoms with van der Waals surface area (Å²) in [5.74, 6) is 1.38. The van der Waals surface area contributed by atoms with Gasteiger partial charge >= 0.3 is 0 Å². The summed E-state index contributed by atoms with van der Waals surface area (Å²) in [6.45, 7) is 16.0. The topological polar surface area (TPSA) is 63.5 Å². The van der Waals surface area contributed by atoms with Crippen LogP contribution < -0.4 is 10.6 Å². The van der Waals surface area contributed by atoms with Crippen LogP contribution in [0.1, 0.15) is 64.9 Å². The maximum atomic E-state index is 5.83. The van der Waals surface area contributed by atoms with Gasteiger partial charge in [-0.1, -0.05) is 27.7 Å². The van der Waals surface area contributed by atoms with Gasteiger partial charge in [-0.3, -0.25) is 4.68 Å². The van der Waals surface area contributed by atoms with E-state index in [0.717, 1.165) is 50.6 Å². The first-order chi connectivity index (χ1) is 12.5. The summed E-state index contributed by atoms with van der Waals surface area (Å²) < 4.78 is 7.83. The molecule has 0 aliphatic rings. The van der Waals surface area contributed by atoms with Crippen molar-refractivity contribution in [2.24, 2.45) is 18.0 Å². The first-order valence-electron chi connectivity index (χ1n) is 10.2. The van der Waals surface area contributed by atoms with Crippen molar-refractivity contribution in [1.29, 1.82) is 0 Å². The molecule has 0 saturated carbocycles. The highest BCUT2D eigenvalue weighted by atomic mass is 16.5. The van der Waals surface area contributed by atoms with Crippen LogP contribution in [-0.2, 0) is 31.2 Å². The zero-order valence-corrected chi connectivity index (χ0v) is 17.9. The third-order valence-electron chi connectivity index (χ3n) is 4.61. The van der Waals surface area contributed by atoms with Crippen LogP contribution in [-0.4, -0.2) is 41.5 Å². The molecule has 0 radical (unpaired) electrons. The van der Waals surface area contributed by atoms with Crippen molar-refractivity contribution in [1.82, 2.24) is 20.4 Å². The average molecular weight is 366 g/mol. The average Bonchev–Trinajstić information content (AvgIpc) is 2.93. The molecule has 0 fully saturated rings. The molecular formula is C20H39N5O. The van der Waals surface area contributed by atoms with E-state index in [-0.39, 0.29) is 6.10 Å². The summed E-state index contributed by atoms with van der Waals surface area (Å²) in [7, 11) is 2.02. The molecule has 1 heterocycles. The molecule has 0 amide bonds. The molecule has 1 aromatic heterocycles. The van der Waals surface area contributed by atoms with E-state index < -0.39 is 0 Å². The van der Waals surface area contributed by atoms with Crippen molar-refractivity contribution in [3.05, 3.63) is 17.0 Å².